The van der Waals surface area contributed by atoms with Gasteiger partial charge >= 0.3 is 6.09 Å². The number of amides is 1. The monoisotopic (exact) mass is 651 g/mol. The Balaban J connectivity index is 1.53. The van der Waals surface area contributed by atoms with Crippen LogP contribution in [0.3, 0.4) is 0 Å². The number of ether oxygens (including phenoxy) is 5. The van der Waals surface area contributed by atoms with Crippen LogP contribution in [0, 0.1) is 0 Å². The van der Waals surface area contributed by atoms with Crippen molar-refractivity contribution in [3.05, 3.63) is 137 Å². The van der Waals surface area contributed by atoms with Gasteiger partial charge in [-0.15, -0.1) is 0 Å². The van der Waals surface area contributed by atoms with Crippen LogP contribution in [0.5, 0.6) is 11.5 Å². The number of rotatable bonds is 12. The molecule has 1 amide bonds. The summed E-state index contributed by atoms with van der Waals surface area (Å²) >= 11 is 0. The molecule has 1 aliphatic heterocycles. The van der Waals surface area contributed by atoms with Gasteiger partial charge in [-0.25, -0.2) is 4.79 Å². The summed E-state index contributed by atoms with van der Waals surface area (Å²) in [5.41, 5.74) is 4.35. The summed E-state index contributed by atoms with van der Waals surface area (Å²) in [5.74, 6) is 0.736. The summed E-state index contributed by atoms with van der Waals surface area (Å²) in [6.45, 7) is 7.21. The highest BCUT2D eigenvalue weighted by molar-refractivity contribution is 5.90. The van der Waals surface area contributed by atoms with E-state index in [-0.39, 0.29) is 19.8 Å². The molecule has 5 rings (SSSR count). The molecular formula is C40H45NO7. The van der Waals surface area contributed by atoms with E-state index in [1.807, 2.05) is 118 Å². The third kappa shape index (κ3) is 9.70. The third-order valence-corrected chi connectivity index (χ3v) is 7.83. The molecule has 0 saturated carbocycles. The minimum Gasteiger partial charge on any atom is -0.497 e. The molecule has 0 aliphatic carbocycles. The first-order chi connectivity index (χ1) is 23.2. The van der Waals surface area contributed by atoms with Crippen LogP contribution in [-0.4, -0.2) is 43.2 Å². The molecule has 8 nitrogen and oxygen atoms in total. The SMILES string of the molecule is COc1ccc(COC[C@H]2c3c(OCc4ccccc4)cc(COCc4ccccc4)cc3N(C(=O)OC(C)(C)C)C/C=C\[C@@H]2O)cc1. The Bertz CT molecular complexity index is 1630. The number of hydrogen-bond donors (Lipinski definition) is 1. The first kappa shape index (κ1) is 34.7. The van der Waals surface area contributed by atoms with Crippen molar-refractivity contribution in [2.24, 2.45) is 0 Å². The van der Waals surface area contributed by atoms with Crippen LogP contribution in [0.4, 0.5) is 10.5 Å². The van der Waals surface area contributed by atoms with Crippen LogP contribution in [0.2, 0.25) is 0 Å². The molecule has 0 spiro atoms. The molecule has 0 aromatic heterocycles. The van der Waals surface area contributed by atoms with E-state index >= 15 is 0 Å². The van der Waals surface area contributed by atoms with E-state index < -0.39 is 23.7 Å². The number of methoxy groups -OCH3 is 1. The van der Waals surface area contributed by atoms with Gasteiger partial charge in [0.1, 0.15) is 23.7 Å². The van der Waals surface area contributed by atoms with Crippen molar-refractivity contribution in [3.8, 4) is 11.5 Å². The molecule has 0 fully saturated rings. The van der Waals surface area contributed by atoms with Crippen molar-refractivity contribution in [1.29, 1.82) is 0 Å². The Hall–Kier alpha value is -4.63. The van der Waals surface area contributed by atoms with E-state index in [0.717, 1.165) is 28.0 Å². The van der Waals surface area contributed by atoms with Crippen molar-refractivity contribution in [2.45, 2.75) is 64.8 Å². The van der Waals surface area contributed by atoms with E-state index in [2.05, 4.69) is 0 Å². The number of carbonyl (C=O) groups is 1. The van der Waals surface area contributed by atoms with Crippen molar-refractivity contribution in [3.63, 3.8) is 0 Å². The number of hydrogen-bond acceptors (Lipinski definition) is 7. The summed E-state index contributed by atoms with van der Waals surface area (Å²) in [5, 5.41) is 11.5. The molecule has 0 saturated heterocycles. The zero-order chi connectivity index (χ0) is 33.9. The summed E-state index contributed by atoms with van der Waals surface area (Å²) in [7, 11) is 1.63. The number of aliphatic hydroxyl groups is 1. The fourth-order valence-corrected chi connectivity index (χ4v) is 5.47. The lowest BCUT2D eigenvalue weighted by atomic mass is 9.88. The summed E-state index contributed by atoms with van der Waals surface area (Å²) in [4.78, 5) is 15.4. The standard InChI is InChI=1S/C40H45NO7/c1-40(2,3)48-39(43)41-21-11-16-36(42)34(28-46-25-31-17-19-33(44-4)20-18-31)38-35(41)22-32(26-45-24-29-12-7-5-8-13-29)23-37(38)47-27-30-14-9-6-10-15-30/h5-20,22-23,34,36,42H,21,24-28H2,1-4H3/b16-11-/t34-,36+/m1/s1. The lowest BCUT2D eigenvalue weighted by Gasteiger charge is -2.34. The highest BCUT2D eigenvalue weighted by Crippen LogP contribution is 2.42. The van der Waals surface area contributed by atoms with Gasteiger partial charge in [-0.05, 0) is 67.3 Å². The Morgan fingerprint density at radius 1 is 0.792 bits per heavy atom. The normalized spacial score (nSPS) is 16.7. The van der Waals surface area contributed by atoms with E-state index in [0.29, 0.717) is 36.8 Å². The maximum atomic E-state index is 13.8. The molecule has 8 heteroatoms. The first-order valence-electron chi connectivity index (χ1n) is 16.2. The van der Waals surface area contributed by atoms with E-state index in [1.165, 1.54) is 0 Å². The smallest absolute Gasteiger partial charge is 0.415 e. The van der Waals surface area contributed by atoms with Crippen LogP contribution in [0.1, 0.15) is 54.5 Å². The number of anilines is 1. The zero-order valence-electron chi connectivity index (χ0n) is 28.1. The quantitative estimate of drug-likeness (QED) is 0.156. The van der Waals surface area contributed by atoms with E-state index in [9.17, 15) is 9.90 Å². The van der Waals surface area contributed by atoms with Gasteiger partial charge in [-0.2, -0.15) is 0 Å². The molecule has 48 heavy (non-hydrogen) atoms. The van der Waals surface area contributed by atoms with Gasteiger partial charge in [0.15, 0.2) is 0 Å². The van der Waals surface area contributed by atoms with Crippen LogP contribution in [0.15, 0.2) is 109 Å². The largest absolute Gasteiger partial charge is 0.497 e. The highest BCUT2D eigenvalue weighted by Gasteiger charge is 2.34. The second-order valence-electron chi connectivity index (χ2n) is 12.8. The van der Waals surface area contributed by atoms with Crippen LogP contribution in [0.25, 0.3) is 0 Å². The van der Waals surface area contributed by atoms with Crippen LogP contribution in [-0.2, 0) is 40.6 Å². The molecule has 0 bridgehead atoms. The number of aliphatic hydroxyl groups excluding tert-OH is 1. The van der Waals surface area contributed by atoms with Gasteiger partial charge in [0.25, 0.3) is 0 Å². The Morgan fingerprint density at radius 3 is 2.04 bits per heavy atom. The lowest BCUT2D eigenvalue weighted by Crippen LogP contribution is -2.39. The van der Waals surface area contributed by atoms with Gasteiger partial charge in [-0.1, -0.05) is 84.9 Å². The van der Waals surface area contributed by atoms with E-state index in [4.69, 9.17) is 23.7 Å². The van der Waals surface area contributed by atoms with Gasteiger partial charge in [-0.3, -0.25) is 4.90 Å². The van der Waals surface area contributed by atoms with E-state index in [1.54, 1.807) is 24.2 Å². The summed E-state index contributed by atoms with van der Waals surface area (Å²) in [6, 6.07) is 31.4. The predicted octanol–water partition coefficient (Wildman–Crippen LogP) is 7.96. The molecule has 4 aromatic carbocycles. The number of nitrogens with zero attached hydrogens (tertiary/aromatic N) is 1. The average molecular weight is 652 g/mol. The fraction of sp³-hybridized carbons (Fsp3) is 0.325. The molecule has 0 unspecified atom stereocenters. The molecule has 1 N–H and O–H groups in total. The van der Waals surface area contributed by atoms with Crippen molar-refractivity contribution < 1.29 is 33.6 Å². The number of benzene rings is 4. The predicted molar refractivity (Wildman–Crippen MR) is 186 cm³/mol. The zero-order valence-corrected chi connectivity index (χ0v) is 28.1. The van der Waals surface area contributed by atoms with Crippen LogP contribution >= 0.6 is 0 Å². The highest BCUT2D eigenvalue weighted by atomic mass is 16.6. The Kier molecular flexibility index (Phi) is 11.9. The topological polar surface area (TPSA) is 86.7 Å². The van der Waals surface area contributed by atoms with Crippen molar-refractivity contribution in [2.75, 3.05) is 25.2 Å². The molecular weight excluding hydrogens is 606 g/mol. The molecule has 2 atom stereocenters. The van der Waals surface area contributed by atoms with Gasteiger partial charge in [0.2, 0.25) is 0 Å². The second kappa shape index (κ2) is 16.5. The van der Waals surface area contributed by atoms with Gasteiger partial charge < -0.3 is 28.8 Å². The molecule has 1 aliphatic rings. The van der Waals surface area contributed by atoms with Gasteiger partial charge in [0, 0.05) is 18.0 Å². The maximum Gasteiger partial charge on any atom is 0.415 e. The van der Waals surface area contributed by atoms with Crippen LogP contribution < -0.4 is 14.4 Å². The van der Waals surface area contributed by atoms with Crippen molar-refractivity contribution >= 4 is 11.8 Å². The summed E-state index contributed by atoms with van der Waals surface area (Å²) < 4.78 is 30.1. The molecule has 252 valence electrons. The Morgan fingerprint density at radius 2 is 1.40 bits per heavy atom. The fourth-order valence-electron chi connectivity index (χ4n) is 5.47. The number of carbonyl (C=O) groups excluding carboxylic acids is 1. The molecule has 4 aromatic rings. The third-order valence-electron chi connectivity index (χ3n) is 7.83. The summed E-state index contributed by atoms with van der Waals surface area (Å²) in [6.07, 6.45) is 2.09. The van der Waals surface area contributed by atoms with Gasteiger partial charge in [0.05, 0.1) is 45.3 Å². The average Bonchev–Trinajstić information content (AvgIpc) is 3.07. The number of fused-ring (bicyclic) bond motifs is 1. The first-order valence-corrected chi connectivity index (χ1v) is 16.2. The molecule has 0 radical (unpaired) electrons. The molecule has 1 heterocycles. The Labute approximate surface area is 283 Å². The minimum atomic E-state index is -0.903. The van der Waals surface area contributed by atoms with Crippen molar-refractivity contribution in [1.82, 2.24) is 0 Å². The lowest BCUT2D eigenvalue weighted by molar-refractivity contribution is 0.0572. The second-order valence-corrected chi connectivity index (χ2v) is 12.8. The maximum absolute atomic E-state index is 13.8. The minimum absolute atomic E-state index is 0.165.